The molecule has 0 atom stereocenters. The molecule has 150 valence electrons. The van der Waals surface area contributed by atoms with E-state index in [1.165, 1.54) is 12.8 Å². The molecule has 1 heterocycles. The van der Waals surface area contributed by atoms with Gasteiger partial charge in [-0.25, -0.2) is 0 Å². The van der Waals surface area contributed by atoms with Crippen LogP contribution in [0.1, 0.15) is 31.2 Å². The van der Waals surface area contributed by atoms with Gasteiger partial charge in [0.15, 0.2) is 11.5 Å². The molecule has 1 aliphatic rings. The Hall–Kier alpha value is -1.99. The maximum absolute atomic E-state index is 11.6. The van der Waals surface area contributed by atoms with Gasteiger partial charge in [0.25, 0.3) is 0 Å². The van der Waals surface area contributed by atoms with Gasteiger partial charge in [-0.2, -0.15) is 0 Å². The van der Waals surface area contributed by atoms with Crippen LogP contribution in [0, 0.1) is 0 Å². The summed E-state index contributed by atoms with van der Waals surface area (Å²) in [4.78, 5) is 24.4. The van der Waals surface area contributed by atoms with Crippen LogP contribution in [0.3, 0.4) is 0 Å². The minimum absolute atomic E-state index is 0.0246. The largest absolute Gasteiger partial charge is 0.493 e. The Morgan fingerprint density at radius 3 is 2.67 bits per heavy atom. The summed E-state index contributed by atoms with van der Waals surface area (Å²) >= 11 is 6.36. The number of carboxylic acid groups (broad SMARTS) is 1. The van der Waals surface area contributed by atoms with E-state index in [9.17, 15) is 9.59 Å². The van der Waals surface area contributed by atoms with Crippen molar-refractivity contribution in [3.63, 3.8) is 0 Å². The number of rotatable bonds is 11. The van der Waals surface area contributed by atoms with E-state index >= 15 is 0 Å². The molecule has 0 radical (unpaired) electrons. The maximum Gasteiger partial charge on any atom is 0.303 e. The summed E-state index contributed by atoms with van der Waals surface area (Å²) < 4.78 is 11.3. The van der Waals surface area contributed by atoms with E-state index in [0.29, 0.717) is 36.1 Å². The Morgan fingerprint density at radius 1 is 1.26 bits per heavy atom. The molecule has 1 saturated heterocycles. The van der Waals surface area contributed by atoms with E-state index in [-0.39, 0.29) is 18.7 Å². The normalized spacial score (nSPS) is 14.1. The van der Waals surface area contributed by atoms with Crippen LogP contribution in [0.5, 0.6) is 11.5 Å². The van der Waals surface area contributed by atoms with Crippen LogP contribution in [0.4, 0.5) is 0 Å². The third kappa shape index (κ3) is 7.27. The molecular weight excluding hydrogens is 372 g/mol. The highest BCUT2D eigenvalue weighted by atomic mass is 35.5. The summed E-state index contributed by atoms with van der Waals surface area (Å²) in [5.41, 5.74) is 0.905. The zero-order chi connectivity index (χ0) is 19.6. The highest BCUT2D eigenvalue weighted by Crippen LogP contribution is 2.36. The van der Waals surface area contributed by atoms with E-state index in [1.807, 2.05) is 6.07 Å². The van der Waals surface area contributed by atoms with Crippen LogP contribution in [-0.2, 0) is 16.0 Å². The molecule has 0 aliphatic carbocycles. The minimum atomic E-state index is -0.984. The summed E-state index contributed by atoms with van der Waals surface area (Å²) in [5.74, 6) is -0.164. The number of benzene rings is 1. The summed E-state index contributed by atoms with van der Waals surface area (Å²) in [6.45, 7) is 4.04. The predicted molar refractivity (Wildman–Crippen MR) is 103 cm³/mol. The van der Waals surface area contributed by atoms with Crippen LogP contribution in [0.15, 0.2) is 12.1 Å². The van der Waals surface area contributed by atoms with Crippen molar-refractivity contribution in [2.24, 2.45) is 0 Å². The third-order valence-electron chi connectivity index (χ3n) is 4.44. The van der Waals surface area contributed by atoms with E-state index in [2.05, 4.69) is 10.2 Å². The Kier molecular flexibility index (Phi) is 8.67. The van der Waals surface area contributed by atoms with Gasteiger partial charge in [-0.1, -0.05) is 11.6 Å². The standard InChI is InChI=1S/C19H27ClN2O5/c1-26-16-13-14(6-7-21-17(23)4-5-18(24)25)12-15(20)19(16)27-11-10-22-8-2-3-9-22/h12-13H,2-11H2,1H3,(H,21,23)(H,24,25). The van der Waals surface area contributed by atoms with E-state index in [4.69, 9.17) is 26.2 Å². The molecule has 1 aromatic rings. The molecule has 2 N–H and O–H groups in total. The number of carbonyl (C=O) groups is 2. The number of methoxy groups -OCH3 is 1. The van der Waals surface area contributed by atoms with Gasteiger partial charge in [0.1, 0.15) is 6.61 Å². The minimum Gasteiger partial charge on any atom is -0.493 e. The molecule has 1 aromatic carbocycles. The first kappa shape index (κ1) is 21.3. The smallest absolute Gasteiger partial charge is 0.303 e. The number of nitrogens with zero attached hydrogens (tertiary/aromatic N) is 1. The van der Waals surface area contributed by atoms with E-state index in [0.717, 1.165) is 25.2 Å². The number of carbonyl (C=O) groups excluding carboxylic acids is 1. The monoisotopic (exact) mass is 398 g/mol. The van der Waals surface area contributed by atoms with Gasteiger partial charge in [-0.3, -0.25) is 14.5 Å². The first-order valence-corrected chi connectivity index (χ1v) is 9.57. The number of hydrogen-bond acceptors (Lipinski definition) is 5. The van der Waals surface area contributed by atoms with Crippen molar-refractivity contribution in [2.45, 2.75) is 32.1 Å². The molecule has 2 rings (SSSR count). The van der Waals surface area contributed by atoms with Crippen LogP contribution in [0.2, 0.25) is 5.02 Å². The molecule has 0 unspecified atom stereocenters. The van der Waals surface area contributed by atoms with Gasteiger partial charge in [-0.15, -0.1) is 0 Å². The number of ether oxygens (including phenoxy) is 2. The highest BCUT2D eigenvalue weighted by molar-refractivity contribution is 6.32. The zero-order valence-corrected chi connectivity index (χ0v) is 16.4. The van der Waals surface area contributed by atoms with Crippen molar-refractivity contribution in [1.82, 2.24) is 10.2 Å². The lowest BCUT2D eigenvalue weighted by Crippen LogP contribution is -2.26. The van der Waals surface area contributed by atoms with Crippen LogP contribution in [-0.4, -0.2) is 61.8 Å². The molecule has 0 spiro atoms. The zero-order valence-electron chi connectivity index (χ0n) is 15.6. The van der Waals surface area contributed by atoms with Gasteiger partial charge >= 0.3 is 5.97 Å². The van der Waals surface area contributed by atoms with E-state index < -0.39 is 5.97 Å². The summed E-state index contributed by atoms with van der Waals surface area (Å²) in [7, 11) is 1.57. The number of halogens is 1. The average Bonchev–Trinajstić information content (AvgIpc) is 3.14. The average molecular weight is 399 g/mol. The predicted octanol–water partition coefficient (Wildman–Crippen LogP) is 2.35. The molecule has 1 fully saturated rings. The van der Waals surface area contributed by atoms with Crippen LogP contribution in [0.25, 0.3) is 0 Å². The van der Waals surface area contributed by atoms with E-state index in [1.54, 1.807) is 13.2 Å². The molecule has 1 amide bonds. The molecule has 0 saturated carbocycles. The number of hydrogen-bond donors (Lipinski definition) is 2. The van der Waals surface area contributed by atoms with Crippen molar-refractivity contribution in [2.75, 3.05) is 39.9 Å². The van der Waals surface area contributed by atoms with Gasteiger partial charge in [-0.05, 0) is 50.0 Å². The molecule has 0 bridgehead atoms. The second-order valence-corrected chi connectivity index (χ2v) is 6.91. The molecule has 1 aliphatic heterocycles. The molecule has 8 heteroatoms. The Bertz CT molecular complexity index is 647. The Labute approximate surface area is 164 Å². The van der Waals surface area contributed by atoms with Gasteiger partial charge in [0.05, 0.1) is 18.6 Å². The third-order valence-corrected chi connectivity index (χ3v) is 4.72. The van der Waals surface area contributed by atoms with Crippen LogP contribution >= 0.6 is 11.6 Å². The fourth-order valence-electron chi connectivity index (χ4n) is 3.00. The highest BCUT2D eigenvalue weighted by Gasteiger charge is 2.15. The van der Waals surface area contributed by atoms with Gasteiger partial charge in [0, 0.05) is 19.5 Å². The fourth-order valence-corrected chi connectivity index (χ4v) is 3.28. The number of amides is 1. The second-order valence-electron chi connectivity index (χ2n) is 6.50. The summed E-state index contributed by atoms with van der Waals surface area (Å²) in [6.07, 6.45) is 2.85. The Balaban J connectivity index is 1.84. The molecule has 0 aromatic heterocycles. The topological polar surface area (TPSA) is 88.1 Å². The SMILES string of the molecule is COc1cc(CCNC(=O)CCC(=O)O)cc(Cl)c1OCCN1CCCC1. The second kappa shape index (κ2) is 11.0. The maximum atomic E-state index is 11.6. The lowest BCUT2D eigenvalue weighted by atomic mass is 10.1. The number of aliphatic carboxylic acids is 1. The molecule has 27 heavy (non-hydrogen) atoms. The number of likely N-dealkylation sites (tertiary alicyclic amines) is 1. The van der Waals surface area contributed by atoms with Crippen molar-refractivity contribution in [3.05, 3.63) is 22.7 Å². The number of carboxylic acids is 1. The fraction of sp³-hybridized carbons (Fsp3) is 0.579. The van der Waals surface area contributed by atoms with Crippen LogP contribution < -0.4 is 14.8 Å². The van der Waals surface area contributed by atoms with Gasteiger partial charge < -0.3 is 19.9 Å². The van der Waals surface area contributed by atoms with Crippen molar-refractivity contribution in [3.8, 4) is 11.5 Å². The number of nitrogens with one attached hydrogen (secondary N) is 1. The Morgan fingerprint density at radius 2 is 2.00 bits per heavy atom. The van der Waals surface area contributed by atoms with Crippen molar-refractivity contribution < 1.29 is 24.2 Å². The first-order valence-electron chi connectivity index (χ1n) is 9.19. The van der Waals surface area contributed by atoms with Gasteiger partial charge in [0.2, 0.25) is 5.91 Å². The van der Waals surface area contributed by atoms with Crippen molar-refractivity contribution >= 4 is 23.5 Å². The lowest BCUT2D eigenvalue weighted by molar-refractivity contribution is -0.138. The summed E-state index contributed by atoms with van der Waals surface area (Å²) in [6, 6.07) is 3.65. The molecule has 7 nitrogen and oxygen atoms in total. The summed E-state index contributed by atoms with van der Waals surface area (Å²) in [5, 5.41) is 11.8. The molecular formula is C19H27ClN2O5. The van der Waals surface area contributed by atoms with Crippen molar-refractivity contribution in [1.29, 1.82) is 0 Å². The quantitative estimate of drug-likeness (QED) is 0.595. The first-order chi connectivity index (χ1) is 13.0. The lowest BCUT2D eigenvalue weighted by Gasteiger charge is -2.17.